The van der Waals surface area contributed by atoms with Crippen LogP contribution in [0.5, 0.6) is 0 Å². The first-order chi connectivity index (χ1) is 5.70. The lowest BCUT2D eigenvalue weighted by Crippen LogP contribution is -2.15. The summed E-state index contributed by atoms with van der Waals surface area (Å²) in [5.74, 6) is 0. The van der Waals surface area contributed by atoms with E-state index >= 15 is 0 Å². The summed E-state index contributed by atoms with van der Waals surface area (Å²) in [4.78, 5) is 3.99. The molecule has 0 aliphatic rings. The highest BCUT2D eigenvalue weighted by molar-refractivity contribution is 9.10. The average molecular weight is 229 g/mol. The second kappa shape index (κ2) is 4.58. The first kappa shape index (κ1) is 9.68. The molecule has 2 nitrogen and oxygen atoms in total. The third-order valence-corrected chi connectivity index (χ3v) is 2.44. The summed E-state index contributed by atoms with van der Waals surface area (Å²) in [5.41, 5.74) is 6.94. The summed E-state index contributed by atoms with van der Waals surface area (Å²) in [5, 5.41) is 0. The Morgan fingerprint density at radius 2 is 2.42 bits per heavy atom. The molecule has 0 radical (unpaired) electrons. The molecule has 1 aromatic rings. The van der Waals surface area contributed by atoms with Crippen LogP contribution in [-0.2, 0) is 6.42 Å². The Labute approximate surface area is 81.3 Å². The highest BCUT2D eigenvalue weighted by Gasteiger charge is 2.00. The third-order valence-electron chi connectivity index (χ3n) is 1.73. The van der Waals surface area contributed by atoms with E-state index in [1.54, 1.807) is 6.20 Å². The van der Waals surface area contributed by atoms with Gasteiger partial charge in [0.05, 0.1) is 0 Å². The van der Waals surface area contributed by atoms with Crippen LogP contribution in [0.25, 0.3) is 0 Å². The predicted molar refractivity (Wildman–Crippen MR) is 53.9 cm³/mol. The summed E-state index contributed by atoms with van der Waals surface area (Å²) >= 11 is 3.44. The number of hydrogen-bond donors (Lipinski definition) is 1. The molecule has 0 saturated carbocycles. The lowest BCUT2D eigenvalue weighted by Gasteiger charge is -2.05. The predicted octanol–water partition coefficient (Wildman–Crippen LogP) is 2.12. The highest BCUT2D eigenvalue weighted by atomic mass is 79.9. The Morgan fingerprint density at radius 3 is 3.00 bits per heavy atom. The van der Waals surface area contributed by atoms with Crippen molar-refractivity contribution >= 4 is 15.9 Å². The van der Waals surface area contributed by atoms with Crippen molar-refractivity contribution in [2.24, 2.45) is 5.73 Å². The van der Waals surface area contributed by atoms with Gasteiger partial charge in [-0.3, -0.25) is 4.98 Å². The van der Waals surface area contributed by atoms with Crippen LogP contribution < -0.4 is 5.73 Å². The van der Waals surface area contributed by atoms with Crippen LogP contribution >= 0.6 is 15.9 Å². The number of nitrogens with zero attached hydrogens (tertiary/aromatic N) is 1. The summed E-state index contributed by atoms with van der Waals surface area (Å²) < 4.78 is 1.07. The van der Waals surface area contributed by atoms with Gasteiger partial charge in [0.2, 0.25) is 0 Å². The summed E-state index contributed by atoms with van der Waals surface area (Å²) in [6.07, 6.45) is 5.65. The molecule has 12 heavy (non-hydrogen) atoms. The summed E-state index contributed by atoms with van der Waals surface area (Å²) in [6.45, 7) is 2.02. The zero-order valence-electron chi connectivity index (χ0n) is 7.13. The van der Waals surface area contributed by atoms with E-state index in [1.807, 2.05) is 19.2 Å². The Morgan fingerprint density at radius 1 is 1.67 bits per heavy atom. The molecule has 1 heterocycles. The Balaban J connectivity index is 2.57. The molecule has 0 aliphatic heterocycles. The lowest BCUT2D eigenvalue weighted by molar-refractivity contribution is 0.664. The van der Waals surface area contributed by atoms with Crippen molar-refractivity contribution in [3.63, 3.8) is 0 Å². The highest BCUT2D eigenvalue weighted by Crippen LogP contribution is 2.16. The summed E-state index contributed by atoms with van der Waals surface area (Å²) in [6, 6.07) is 2.29. The molecule has 3 heteroatoms. The van der Waals surface area contributed by atoms with Crippen LogP contribution in [0.2, 0.25) is 0 Å². The number of rotatable bonds is 3. The maximum absolute atomic E-state index is 5.66. The van der Waals surface area contributed by atoms with Gasteiger partial charge in [-0.25, -0.2) is 0 Å². The van der Waals surface area contributed by atoms with E-state index in [0.717, 1.165) is 17.3 Å². The van der Waals surface area contributed by atoms with Gasteiger partial charge in [0.15, 0.2) is 0 Å². The van der Waals surface area contributed by atoms with Gasteiger partial charge in [0.1, 0.15) is 0 Å². The number of aromatic nitrogens is 1. The van der Waals surface area contributed by atoms with Crippen molar-refractivity contribution in [3.8, 4) is 0 Å². The van der Waals surface area contributed by atoms with Crippen molar-refractivity contribution in [2.75, 3.05) is 0 Å². The largest absolute Gasteiger partial charge is 0.328 e. The van der Waals surface area contributed by atoms with Crippen molar-refractivity contribution in [1.29, 1.82) is 0 Å². The molecule has 0 amide bonds. The van der Waals surface area contributed by atoms with E-state index in [0.29, 0.717) is 0 Å². The standard InChI is InChI=1S/C9H13BrN2/c1-7(11)2-3-8-4-5-12-6-9(8)10/h4-7H,2-3,11H2,1H3/t7-/m1/s1. The van der Waals surface area contributed by atoms with E-state index in [1.165, 1.54) is 5.56 Å². The van der Waals surface area contributed by atoms with E-state index in [9.17, 15) is 0 Å². The fraction of sp³-hybridized carbons (Fsp3) is 0.444. The zero-order valence-corrected chi connectivity index (χ0v) is 8.71. The third kappa shape index (κ3) is 2.91. The van der Waals surface area contributed by atoms with Gasteiger partial charge >= 0.3 is 0 Å². The van der Waals surface area contributed by atoms with Crippen molar-refractivity contribution in [2.45, 2.75) is 25.8 Å². The normalized spacial score (nSPS) is 12.9. The van der Waals surface area contributed by atoms with Crippen LogP contribution in [0.1, 0.15) is 18.9 Å². The molecule has 0 saturated heterocycles. The molecule has 1 aromatic heterocycles. The van der Waals surface area contributed by atoms with Crippen molar-refractivity contribution in [1.82, 2.24) is 4.98 Å². The maximum Gasteiger partial charge on any atom is 0.0412 e. The first-order valence-corrected chi connectivity index (χ1v) is 4.83. The van der Waals surface area contributed by atoms with Gasteiger partial charge in [-0.05, 0) is 47.3 Å². The van der Waals surface area contributed by atoms with Crippen LogP contribution in [0.4, 0.5) is 0 Å². The van der Waals surface area contributed by atoms with Gasteiger partial charge in [-0.2, -0.15) is 0 Å². The quantitative estimate of drug-likeness (QED) is 0.862. The number of aryl methyl sites for hydroxylation is 1. The van der Waals surface area contributed by atoms with Gasteiger partial charge in [-0.15, -0.1) is 0 Å². The van der Waals surface area contributed by atoms with Crippen LogP contribution in [0, 0.1) is 0 Å². The fourth-order valence-electron chi connectivity index (χ4n) is 0.990. The fourth-order valence-corrected chi connectivity index (χ4v) is 1.44. The SMILES string of the molecule is C[C@@H](N)CCc1ccncc1Br. The molecule has 1 atom stereocenters. The molecule has 1 rings (SSSR count). The molecular weight excluding hydrogens is 216 g/mol. The van der Waals surface area contributed by atoms with E-state index in [4.69, 9.17) is 5.73 Å². The number of hydrogen-bond acceptors (Lipinski definition) is 2. The topological polar surface area (TPSA) is 38.9 Å². The van der Waals surface area contributed by atoms with Crippen LogP contribution in [0.3, 0.4) is 0 Å². The summed E-state index contributed by atoms with van der Waals surface area (Å²) in [7, 11) is 0. The van der Waals surface area contributed by atoms with Gasteiger partial charge in [0.25, 0.3) is 0 Å². The molecule has 66 valence electrons. The molecule has 0 aromatic carbocycles. The zero-order chi connectivity index (χ0) is 8.97. The number of pyridine rings is 1. The van der Waals surface area contributed by atoms with Gasteiger partial charge < -0.3 is 5.73 Å². The number of halogens is 1. The molecule has 0 unspecified atom stereocenters. The first-order valence-electron chi connectivity index (χ1n) is 4.04. The Hall–Kier alpha value is -0.410. The van der Waals surface area contributed by atoms with E-state index < -0.39 is 0 Å². The molecule has 2 N–H and O–H groups in total. The van der Waals surface area contributed by atoms with E-state index in [2.05, 4.69) is 20.9 Å². The second-order valence-corrected chi connectivity index (χ2v) is 3.84. The Bertz CT molecular complexity index is 248. The second-order valence-electron chi connectivity index (χ2n) is 2.98. The van der Waals surface area contributed by atoms with Gasteiger partial charge in [-0.1, -0.05) is 0 Å². The molecule has 0 aliphatic carbocycles. The van der Waals surface area contributed by atoms with Crippen molar-refractivity contribution < 1.29 is 0 Å². The minimum Gasteiger partial charge on any atom is -0.328 e. The van der Waals surface area contributed by atoms with Gasteiger partial charge in [0, 0.05) is 22.9 Å². The van der Waals surface area contributed by atoms with Crippen LogP contribution in [-0.4, -0.2) is 11.0 Å². The smallest absolute Gasteiger partial charge is 0.0412 e. The monoisotopic (exact) mass is 228 g/mol. The van der Waals surface area contributed by atoms with Crippen molar-refractivity contribution in [3.05, 3.63) is 28.5 Å². The maximum atomic E-state index is 5.66. The number of nitrogens with two attached hydrogens (primary N) is 1. The van der Waals surface area contributed by atoms with Crippen LogP contribution in [0.15, 0.2) is 22.9 Å². The molecule has 0 bridgehead atoms. The molecular formula is C9H13BrN2. The lowest BCUT2D eigenvalue weighted by atomic mass is 10.1. The average Bonchev–Trinajstić information content (AvgIpc) is 2.03. The minimum atomic E-state index is 0.269. The molecule has 0 fully saturated rings. The molecule has 0 spiro atoms. The Kier molecular flexibility index (Phi) is 3.69. The van der Waals surface area contributed by atoms with E-state index in [-0.39, 0.29) is 6.04 Å². The minimum absolute atomic E-state index is 0.269.